The van der Waals surface area contributed by atoms with Gasteiger partial charge in [0.25, 0.3) is 0 Å². The fourth-order valence-electron chi connectivity index (χ4n) is 3.21. The first-order valence-corrected chi connectivity index (χ1v) is 8.14. The summed E-state index contributed by atoms with van der Waals surface area (Å²) < 4.78 is 1.79. The maximum atomic E-state index is 4.27. The number of aryl methyl sites for hydroxylation is 1. The van der Waals surface area contributed by atoms with E-state index in [1.165, 1.54) is 6.42 Å². The van der Waals surface area contributed by atoms with Crippen molar-refractivity contribution in [1.29, 1.82) is 0 Å². The predicted octanol–water partition coefficient (Wildman–Crippen LogP) is 2.05. The van der Waals surface area contributed by atoms with Crippen molar-refractivity contribution in [2.45, 2.75) is 59.7 Å². The largest absolute Gasteiger partial charge is 0.311 e. The first-order valence-electron chi connectivity index (χ1n) is 8.14. The molecule has 0 saturated carbocycles. The van der Waals surface area contributed by atoms with Crippen molar-refractivity contribution in [3.8, 4) is 0 Å². The molecule has 2 heterocycles. The zero-order valence-corrected chi connectivity index (χ0v) is 14.4. The Kier molecular flexibility index (Phi) is 5.04. The first kappa shape index (κ1) is 16.4. The van der Waals surface area contributed by atoms with Gasteiger partial charge in [-0.15, -0.1) is 5.10 Å². The second-order valence-corrected chi connectivity index (χ2v) is 7.60. The Hall–Kier alpha value is -0.940. The third-order valence-corrected chi connectivity index (χ3v) is 4.79. The van der Waals surface area contributed by atoms with Crippen LogP contribution < -0.4 is 5.32 Å². The maximum Gasteiger partial charge on any atom is 0.0967 e. The van der Waals surface area contributed by atoms with Crippen molar-refractivity contribution in [1.82, 2.24) is 25.2 Å². The highest BCUT2D eigenvalue weighted by Gasteiger charge is 2.36. The van der Waals surface area contributed by atoms with E-state index < -0.39 is 0 Å². The molecule has 1 fully saturated rings. The van der Waals surface area contributed by atoms with E-state index in [2.05, 4.69) is 55.1 Å². The lowest BCUT2D eigenvalue weighted by atomic mass is 9.82. The van der Waals surface area contributed by atoms with E-state index in [1.54, 1.807) is 4.68 Å². The van der Waals surface area contributed by atoms with Gasteiger partial charge in [-0.1, -0.05) is 46.3 Å². The highest BCUT2D eigenvalue weighted by atomic mass is 15.4. The van der Waals surface area contributed by atoms with E-state index in [4.69, 9.17) is 0 Å². The Morgan fingerprint density at radius 1 is 1.43 bits per heavy atom. The van der Waals surface area contributed by atoms with Crippen molar-refractivity contribution < 1.29 is 0 Å². The molecule has 1 aliphatic rings. The molecule has 3 atom stereocenters. The second kappa shape index (κ2) is 6.44. The fraction of sp³-hybridized carbons (Fsp3) is 0.875. The van der Waals surface area contributed by atoms with E-state index >= 15 is 0 Å². The molecule has 0 aliphatic carbocycles. The van der Waals surface area contributed by atoms with E-state index in [-0.39, 0.29) is 5.41 Å². The highest BCUT2D eigenvalue weighted by molar-refractivity contribution is 4.99. The van der Waals surface area contributed by atoms with E-state index in [1.807, 2.05) is 13.2 Å². The highest BCUT2D eigenvalue weighted by Crippen LogP contribution is 2.29. The van der Waals surface area contributed by atoms with E-state index in [0.29, 0.717) is 18.0 Å². The average Bonchev–Trinajstić information content (AvgIpc) is 2.82. The normalized spacial score (nSPS) is 26.0. The van der Waals surface area contributed by atoms with Crippen molar-refractivity contribution >= 4 is 0 Å². The minimum absolute atomic E-state index is 0.260. The maximum absolute atomic E-state index is 4.27. The molecule has 1 aromatic rings. The Morgan fingerprint density at radius 2 is 2.14 bits per heavy atom. The molecule has 1 aromatic heterocycles. The third-order valence-electron chi connectivity index (χ3n) is 4.79. The van der Waals surface area contributed by atoms with E-state index in [0.717, 1.165) is 25.3 Å². The van der Waals surface area contributed by atoms with Crippen molar-refractivity contribution in [3.63, 3.8) is 0 Å². The zero-order chi connectivity index (χ0) is 15.6. The van der Waals surface area contributed by atoms with Crippen LogP contribution in [0.1, 0.15) is 46.7 Å². The van der Waals surface area contributed by atoms with Crippen LogP contribution >= 0.6 is 0 Å². The summed E-state index contributed by atoms with van der Waals surface area (Å²) >= 11 is 0. The third kappa shape index (κ3) is 4.04. The Labute approximate surface area is 129 Å². The Balaban J connectivity index is 2.12. The van der Waals surface area contributed by atoms with Gasteiger partial charge < -0.3 is 5.32 Å². The molecule has 1 saturated heterocycles. The summed E-state index contributed by atoms with van der Waals surface area (Å²) in [5, 5.41) is 12.1. The van der Waals surface area contributed by atoms with Crippen LogP contribution in [-0.4, -0.2) is 45.1 Å². The lowest BCUT2D eigenvalue weighted by Gasteiger charge is -2.47. The molecule has 0 radical (unpaired) electrons. The summed E-state index contributed by atoms with van der Waals surface area (Å²) in [6.07, 6.45) is 3.25. The van der Waals surface area contributed by atoms with Gasteiger partial charge >= 0.3 is 0 Å². The predicted molar refractivity (Wildman–Crippen MR) is 85.9 cm³/mol. The van der Waals surface area contributed by atoms with Crippen LogP contribution in [0.5, 0.6) is 0 Å². The number of rotatable bonds is 4. The fourth-order valence-corrected chi connectivity index (χ4v) is 3.21. The number of aromatic nitrogens is 3. The van der Waals surface area contributed by atoms with Crippen molar-refractivity contribution in [2.24, 2.45) is 18.4 Å². The van der Waals surface area contributed by atoms with Crippen LogP contribution in [-0.2, 0) is 13.6 Å². The van der Waals surface area contributed by atoms with Gasteiger partial charge in [-0.3, -0.25) is 9.58 Å². The van der Waals surface area contributed by atoms with Crippen LogP contribution in [0.2, 0.25) is 0 Å². The second-order valence-electron chi connectivity index (χ2n) is 7.60. The minimum Gasteiger partial charge on any atom is -0.311 e. The molecule has 1 N–H and O–H groups in total. The minimum atomic E-state index is 0.260. The molecule has 0 spiro atoms. The molecule has 2 rings (SSSR count). The van der Waals surface area contributed by atoms with Crippen LogP contribution in [0.25, 0.3) is 0 Å². The van der Waals surface area contributed by atoms with Crippen LogP contribution in [0.4, 0.5) is 0 Å². The lowest BCUT2D eigenvalue weighted by Crippen LogP contribution is -2.61. The van der Waals surface area contributed by atoms with Gasteiger partial charge in [0.15, 0.2) is 0 Å². The zero-order valence-electron chi connectivity index (χ0n) is 14.4. The number of hydrogen-bond donors (Lipinski definition) is 1. The number of piperazine rings is 1. The average molecular weight is 293 g/mol. The Morgan fingerprint density at radius 3 is 2.67 bits per heavy atom. The first-order chi connectivity index (χ1) is 9.81. The van der Waals surface area contributed by atoms with Crippen LogP contribution in [0.3, 0.4) is 0 Å². The molecule has 120 valence electrons. The van der Waals surface area contributed by atoms with Gasteiger partial charge in [-0.05, 0) is 11.3 Å². The monoisotopic (exact) mass is 293 g/mol. The number of nitrogens with one attached hydrogen (secondary N) is 1. The lowest BCUT2D eigenvalue weighted by molar-refractivity contribution is 0.0370. The van der Waals surface area contributed by atoms with Gasteiger partial charge in [0.2, 0.25) is 0 Å². The smallest absolute Gasteiger partial charge is 0.0967 e. The van der Waals surface area contributed by atoms with Gasteiger partial charge in [0, 0.05) is 45.0 Å². The van der Waals surface area contributed by atoms with Gasteiger partial charge in [-0.25, -0.2) is 0 Å². The molecule has 0 amide bonds. The van der Waals surface area contributed by atoms with Crippen molar-refractivity contribution in [2.75, 3.05) is 13.1 Å². The molecule has 5 nitrogen and oxygen atoms in total. The quantitative estimate of drug-likeness (QED) is 0.923. The number of nitrogens with zero attached hydrogens (tertiary/aromatic N) is 4. The molecule has 0 bridgehead atoms. The summed E-state index contributed by atoms with van der Waals surface area (Å²) in [5.41, 5.74) is 1.33. The molecular weight excluding hydrogens is 262 g/mol. The molecule has 3 unspecified atom stereocenters. The topological polar surface area (TPSA) is 46.0 Å². The van der Waals surface area contributed by atoms with Gasteiger partial charge in [0.05, 0.1) is 5.69 Å². The molecule has 21 heavy (non-hydrogen) atoms. The summed E-state index contributed by atoms with van der Waals surface area (Å²) in [5.74, 6) is 0.704. The standard InChI is InChI=1S/C16H31N5/c1-7-12(2)14-11-21(10-13-9-20(6)19-18-13)15(8-17-14)16(3,4)5/h9,12,14-15,17H,7-8,10-11H2,1-6H3. The van der Waals surface area contributed by atoms with Gasteiger partial charge in [0.1, 0.15) is 0 Å². The summed E-state index contributed by atoms with van der Waals surface area (Å²) in [7, 11) is 1.93. The summed E-state index contributed by atoms with van der Waals surface area (Å²) in [6, 6.07) is 1.10. The van der Waals surface area contributed by atoms with E-state index in [9.17, 15) is 0 Å². The van der Waals surface area contributed by atoms with Crippen molar-refractivity contribution in [3.05, 3.63) is 11.9 Å². The molecule has 1 aliphatic heterocycles. The SMILES string of the molecule is CCC(C)C1CN(Cc2cn(C)nn2)C(C(C)(C)C)CN1. The van der Waals surface area contributed by atoms with Crippen LogP contribution in [0.15, 0.2) is 6.20 Å². The van der Waals surface area contributed by atoms with Gasteiger partial charge in [-0.2, -0.15) is 0 Å². The summed E-state index contributed by atoms with van der Waals surface area (Å²) in [4.78, 5) is 2.59. The van der Waals surface area contributed by atoms with Crippen LogP contribution in [0, 0.1) is 11.3 Å². The molecule has 5 heteroatoms. The molecule has 0 aromatic carbocycles. The number of hydrogen-bond acceptors (Lipinski definition) is 4. The summed E-state index contributed by atoms with van der Waals surface area (Å²) in [6.45, 7) is 14.6. The Bertz CT molecular complexity index is 448. The molecular formula is C16H31N5.